The molecule has 0 saturated carbocycles. The molecule has 2 atom stereocenters. The number of hydrogen-bond acceptors (Lipinski definition) is 16. The molecule has 6 aromatic rings. The Bertz CT molecular complexity index is 3460. The van der Waals surface area contributed by atoms with Crippen molar-refractivity contribution in [1.82, 2.24) is 50.1 Å². The Labute approximate surface area is 561 Å². The van der Waals surface area contributed by atoms with E-state index in [1.54, 1.807) is 112 Å². The van der Waals surface area contributed by atoms with E-state index in [0.29, 0.717) is 61.1 Å². The first-order valence-electron chi connectivity index (χ1n) is 31.9. The predicted molar refractivity (Wildman–Crippen MR) is 370 cm³/mol. The van der Waals surface area contributed by atoms with Gasteiger partial charge in [0.25, 0.3) is 11.8 Å². The summed E-state index contributed by atoms with van der Waals surface area (Å²) in [5.74, 6) is -1.61. The Morgan fingerprint density at radius 2 is 1.12 bits per heavy atom. The number of carbonyl (C=O) groups is 4. The highest BCUT2D eigenvalue weighted by Crippen LogP contribution is 2.37. The lowest BCUT2D eigenvalue weighted by Gasteiger charge is -2.36. The number of H-pyrrole nitrogens is 2. The zero-order valence-electron chi connectivity index (χ0n) is 57.4. The number of amides is 4. The molecule has 0 radical (unpaired) electrons. The van der Waals surface area contributed by atoms with Gasteiger partial charge in [0.15, 0.2) is 0 Å². The third kappa shape index (κ3) is 22.3. The number of aromatic amines is 2. The van der Waals surface area contributed by atoms with Crippen LogP contribution in [0.15, 0.2) is 78.2 Å². The first-order chi connectivity index (χ1) is 43.9. The Hall–Kier alpha value is -6.96. The molecule has 94 heavy (non-hydrogen) atoms. The van der Waals surface area contributed by atoms with E-state index in [4.69, 9.17) is 28.3 Å². The SMILES string of the molecule is CC(C)(C)OC(=O)N[C@@H]1CCCN(c2c(F)cccc2NC(=O)c2nc(-c3cn[nH]c3)cn2COCC[Si](C)(C)C)C1.CC(C)(C)OC(=O)N[C@@H]1CCCN(c2c(F)cccc2NC(=O)c2nc(Br)cn2COCC[Si](C)(C)C)C1.CC1(C)OB(c2cn[nH]c2)OC1(C)C. The topological polar surface area (TPSA) is 271 Å². The number of halogens is 3. The fraction of sp³-hybridized carbons (Fsp3) is 0.562. The normalized spacial score (nSPS) is 17.3. The summed E-state index contributed by atoms with van der Waals surface area (Å²) in [7, 11) is -2.83. The van der Waals surface area contributed by atoms with Crippen LogP contribution in [-0.2, 0) is 41.7 Å². The largest absolute Gasteiger partial charge is 0.498 e. The molecular formula is C64H96BBrF2N14O10Si2. The maximum absolute atomic E-state index is 15.3. The minimum atomic E-state index is -1.29. The van der Waals surface area contributed by atoms with Gasteiger partial charge in [-0.25, -0.2) is 28.3 Å². The molecule has 0 spiro atoms. The Kier molecular flexibility index (Phi) is 25.1. The summed E-state index contributed by atoms with van der Waals surface area (Å²) >= 11 is 3.34. The third-order valence-corrected chi connectivity index (χ3v) is 19.4. The molecule has 3 aliphatic heterocycles. The Morgan fingerprint density at radius 3 is 1.54 bits per heavy atom. The molecule has 24 nitrogen and oxygen atoms in total. The van der Waals surface area contributed by atoms with Gasteiger partial charge in [-0.3, -0.25) is 19.8 Å². The van der Waals surface area contributed by atoms with Crippen LogP contribution in [0.5, 0.6) is 0 Å². The Balaban J connectivity index is 0.000000221. The lowest BCUT2D eigenvalue weighted by atomic mass is 9.82. The van der Waals surface area contributed by atoms with Crippen LogP contribution in [0.3, 0.4) is 0 Å². The summed E-state index contributed by atoms with van der Waals surface area (Å²) in [6.45, 7) is 36.0. The standard InChI is InChI=1S/C29H42FN7O4Si.C26H39BrFN5O4Si.C9H15BN2O2/c1-29(2,3)41-28(39)33-21-9-8-12-36(17-21)25-22(30)10-7-11-23(25)35-27(38)26-34-24(20-15-31-32-16-20)18-37(26)19-40-13-14-42(4,5)6;1-26(2,3)37-25(35)29-18-9-8-12-32(15-18)22-19(28)10-7-11-20(22)30-24(34)23-31-21(27)16-33(23)17-36-13-14-38(4,5)6;1-8(2)9(3,4)14-10(13-8)7-5-11-12-6-7/h7,10-11,15-16,18,21H,8-9,12-14,17,19H2,1-6H3,(H,31,32)(H,33,39)(H,35,38);7,10-11,16,18H,8-9,12-15,17H2,1-6H3,(H,29,35)(H,30,34);5-6H,1-4H3,(H,11,12)/t21-;18-;/m11./s1. The van der Waals surface area contributed by atoms with Gasteiger partial charge in [0.05, 0.1) is 45.8 Å². The van der Waals surface area contributed by atoms with Crippen LogP contribution in [0, 0.1) is 11.6 Å². The van der Waals surface area contributed by atoms with Crippen molar-refractivity contribution < 1.29 is 56.2 Å². The van der Waals surface area contributed by atoms with Crippen LogP contribution in [0.2, 0.25) is 51.4 Å². The number of anilines is 4. The molecule has 6 N–H and O–H groups in total. The average molecular weight is 1410 g/mol. The molecule has 514 valence electrons. The van der Waals surface area contributed by atoms with E-state index in [-0.39, 0.29) is 66.9 Å². The zero-order chi connectivity index (χ0) is 69.0. The minimum absolute atomic E-state index is 0.137. The van der Waals surface area contributed by atoms with Crippen LogP contribution in [0.1, 0.15) is 116 Å². The number of ether oxygens (including phenoxy) is 4. The van der Waals surface area contributed by atoms with E-state index >= 15 is 8.78 Å². The molecule has 4 aromatic heterocycles. The van der Waals surface area contributed by atoms with Gasteiger partial charge in [0, 0.05) is 110 Å². The smallest absolute Gasteiger partial charge is 0.444 e. The monoisotopic (exact) mass is 1400 g/mol. The van der Waals surface area contributed by atoms with Crippen molar-refractivity contribution in [1.29, 1.82) is 0 Å². The summed E-state index contributed by atoms with van der Waals surface area (Å²) in [5.41, 5.74) is 1.62. The fourth-order valence-electron chi connectivity index (χ4n) is 10.1. The first kappa shape index (κ1) is 74.4. The second kappa shape index (κ2) is 31.7. The van der Waals surface area contributed by atoms with Crippen molar-refractivity contribution in [3.63, 3.8) is 0 Å². The maximum Gasteiger partial charge on any atom is 0.498 e. The third-order valence-electron chi connectivity index (χ3n) is 15.6. The van der Waals surface area contributed by atoms with Crippen molar-refractivity contribution >= 4 is 91.4 Å². The fourth-order valence-corrected chi connectivity index (χ4v) is 12.0. The summed E-state index contributed by atoms with van der Waals surface area (Å²) in [6, 6.07) is 10.7. The number of carbonyl (C=O) groups excluding carboxylic acids is 4. The number of alkyl carbamates (subject to hydrolysis) is 2. The lowest BCUT2D eigenvalue weighted by Crippen LogP contribution is -2.49. The van der Waals surface area contributed by atoms with E-state index in [9.17, 15) is 19.2 Å². The number of nitrogens with zero attached hydrogens (tertiary/aromatic N) is 8. The molecule has 30 heteroatoms. The van der Waals surface area contributed by atoms with Crippen LogP contribution in [0.25, 0.3) is 11.3 Å². The van der Waals surface area contributed by atoms with Crippen LogP contribution in [-0.4, -0.2) is 161 Å². The quantitative estimate of drug-likeness (QED) is 0.0306. The molecule has 3 fully saturated rings. The summed E-state index contributed by atoms with van der Waals surface area (Å²) in [6.07, 6.45) is 12.2. The summed E-state index contributed by atoms with van der Waals surface area (Å²) in [4.78, 5) is 64.1. The second-order valence-electron chi connectivity index (χ2n) is 29.1. The van der Waals surface area contributed by atoms with Crippen molar-refractivity contribution in [3.05, 3.63) is 101 Å². The van der Waals surface area contributed by atoms with Gasteiger partial charge < -0.3 is 68.5 Å². The van der Waals surface area contributed by atoms with E-state index in [0.717, 1.165) is 48.8 Å². The van der Waals surface area contributed by atoms with Gasteiger partial charge in [0.1, 0.15) is 40.9 Å². The van der Waals surface area contributed by atoms with Crippen molar-refractivity contribution in [2.24, 2.45) is 0 Å². The molecule has 4 amide bonds. The van der Waals surface area contributed by atoms with Gasteiger partial charge in [-0.1, -0.05) is 51.4 Å². The highest BCUT2D eigenvalue weighted by atomic mass is 79.9. The highest BCUT2D eigenvalue weighted by Gasteiger charge is 2.52. The van der Waals surface area contributed by atoms with Gasteiger partial charge in [-0.15, -0.1) is 0 Å². The van der Waals surface area contributed by atoms with E-state index in [1.807, 2.05) is 37.5 Å². The molecule has 2 aromatic carbocycles. The molecule has 0 aliphatic carbocycles. The summed E-state index contributed by atoms with van der Waals surface area (Å²) < 4.78 is 68.4. The lowest BCUT2D eigenvalue weighted by molar-refractivity contribution is 0.00578. The van der Waals surface area contributed by atoms with E-state index < -0.39 is 63.0 Å². The van der Waals surface area contributed by atoms with Crippen LogP contribution < -0.4 is 36.5 Å². The second-order valence-corrected chi connectivity index (χ2v) is 41.2. The Morgan fingerprint density at radius 1 is 0.670 bits per heavy atom. The molecule has 0 unspecified atom stereocenters. The molecule has 3 saturated heterocycles. The molecular weight excluding hydrogens is 1310 g/mol. The number of imidazole rings is 2. The van der Waals surface area contributed by atoms with Crippen molar-refractivity contribution in [2.75, 3.05) is 59.8 Å². The molecule has 7 heterocycles. The predicted octanol–water partition coefficient (Wildman–Crippen LogP) is 12.0. The number of hydrogen-bond donors (Lipinski definition) is 6. The van der Waals surface area contributed by atoms with E-state index in [1.165, 1.54) is 12.1 Å². The average Bonchev–Trinajstić information content (AvgIpc) is 1.54. The highest BCUT2D eigenvalue weighted by molar-refractivity contribution is 9.10. The first-order valence-corrected chi connectivity index (χ1v) is 40.1. The number of para-hydroxylation sites is 2. The molecule has 9 rings (SSSR count). The maximum atomic E-state index is 15.3. The zero-order valence-corrected chi connectivity index (χ0v) is 60.9. The van der Waals surface area contributed by atoms with Crippen molar-refractivity contribution in [2.45, 2.75) is 194 Å². The number of aromatic nitrogens is 8. The van der Waals surface area contributed by atoms with Crippen LogP contribution >= 0.6 is 15.9 Å². The van der Waals surface area contributed by atoms with Gasteiger partial charge in [-0.05, 0) is 147 Å². The number of rotatable bonds is 20. The van der Waals surface area contributed by atoms with E-state index in [2.05, 4.69) is 107 Å². The van der Waals surface area contributed by atoms with Gasteiger partial charge in [-0.2, -0.15) is 10.2 Å². The molecule has 0 bridgehead atoms. The number of benzene rings is 2. The number of nitrogens with one attached hydrogen (secondary N) is 6. The molecule has 3 aliphatic rings. The number of piperidine rings is 2. The van der Waals surface area contributed by atoms with Crippen molar-refractivity contribution in [3.8, 4) is 11.3 Å². The minimum Gasteiger partial charge on any atom is -0.444 e. The van der Waals surface area contributed by atoms with Crippen LogP contribution in [0.4, 0.5) is 41.1 Å². The summed E-state index contributed by atoms with van der Waals surface area (Å²) in [5, 5.41) is 24.9. The van der Waals surface area contributed by atoms with Gasteiger partial charge >= 0.3 is 19.3 Å². The van der Waals surface area contributed by atoms with Gasteiger partial charge in [0.2, 0.25) is 11.6 Å².